The number of rotatable bonds is 8. The molecule has 15 rings (SSSR count). The number of fused-ring (bicyclic) bond motifs is 13. The van der Waals surface area contributed by atoms with E-state index in [4.69, 9.17) is 0 Å². The van der Waals surface area contributed by atoms with E-state index in [1.54, 1.807) is 0 Å². The number of para-hydroxylation sites is 3. The third-order valence-electron chi connectivity index (χ3n) is 16.0. The second kappa shape index (κ2) is 17.2. The molecule has 12 aromatic carbocycles. The molecule has 0 bridgehead atoms. The number of aromatic nitrogens is 1. The van der Waals surface area contributed by atoms with Gasteiger partial charge in [0.15, 0.2) is 0 Å². The maximum absolute atomic E-state index is 2.51. The minimum Gasteiger partial charge on any atom is -0.310 e. The molecule has 350 valence electrons. The van der Waals surface area contributed by atoms with Crippen molar-refractivity contribution < 1.29 is 0 Å². The molecule has 0 amide bonds. The van der Waals surface area contributed by atoms with E-state index in [1.165, 1.54) is 99.7 Å². The van der Waals surface area contributed by atoms with Gasteiger partial charge in [0.2, 0.25) is 0 Å². The molecule has 2 aliphatic rings. The van der Waals surface area contributed by atoms with Crippen LogP contribution in [0.15, 0.2) is 291 Å². The van der Waals surface area contributed by atoms with Crippen molar-refractivity contribution in [1.82, 2.24) is 4.57 Å². The van der Waals surface area contributed by atoms with Gasteiger partial charge >= 0.3 is 0 Å². The molecule has 0 radical (unpaired) electrons. The van der Waals surface area contributed by atoms with E-state index in [-0.39, 0.29) is 0 Å². The molecule has 2 nitrogen and oxygen atoms in total. The summed E-state index contributed by atoms with van der Waals surface area (Å²) in [7, 11) is 0. The van der Waals surface area contributed by atoms with E-state index >= 15 is 0 Å². The number of anilines is 3. The first-order chi connectivity index (χ1) is 37.2. The summed E-state index contributed by atoms with van der Waals surface area (Å²) in [6.07, 6.45) is 0. The van der Waals surface area contributed by atoms with Crippen LogP contribution in [-0.2, 0) is 5.41 Å². The van der Waals surface area contributed by atoms with Crippen molar-refractivity contribution in [1.29, 1.82) is 0 Å². The molecular weight excluding hydrogens is 905 g/mol. The van der Waals surface area contributed by atoms with Crippen LogP contribution in [0.4, 0.5) is 17.1 Å². The molecule has 1 aromatic heterocycles. The van der Waals surface area contributed by atoms with Crippen molar-refractivity contribution in [2.75, 3.05) is 4.90 Å². The zero-order valence-electron chi connectivity index (χ0n) is 41.1. The van der Waals surface area contributed by atoms with E-state index < -0.39 is 5.41 Å². The summed E-state index contributed by atoms with van der Waals surface area (Å²) in [5.74, 6) is 0. The highest BCUT2D eigenvalue weighted by atomic mass is 15.1. The van der Waals surface area contributed by atoms with Crippen LogP contribution in [0.3, 0.4) is 0 Å². The fraction of sp³-hybridized carbons (Fsp3) is 0.0137. The maximum Gasteiger partial charge on any atom is 0.0726 e. The van der Waals surface area contributed by atoms with Crippen LogP contribution >= 0.6 is 0 Å². The number of benzene rings is 12. The third-order valence-corrected chi connectivity index (χ3v) is 16.0. The average Bonchev–Trinajstić information content (AvgIpc) is 4.20. The Morgan fingerprint density at radius 2 is 0.707 bits per heavy atom. The molecular formula is C73H48N2. The first-order valence-electron chi connectivity index (χ1n) is 26.0. The van der Waals surface area contributed by atoms with Gasteiger partial charge < -0.3 is 9.47 Å². The molecule has 13 aromatic rings. The van der Waals surface area contributed by atoms with Gasteiger partial charge in [0.1, 0.15) is 0 Å². The standard InChI is InChI=1S/C73H48N2/c1-3-21-50(22-4-1)55-25-7-8-26-56(55)57-27-9-10-28-58(57)63-32-14-19-37-70(63)74(53-42-39-49(40-43-53)51-41-46-72-65(47-51)64-33-15-20-38-71(64)75(72)52-23-5-2-6-24-52)54-44-45-62-61-31-13-18-36-68(61)73(69(62)48-54)66-34-16-11-29-59(66)60-30-12-17-35-67(60)73/h1-48H. The van der Waals surface area contributed by atoms with E-state index in [2.05, 4.69) is 301 Å². The lowest BCUT2D eigenvalue weighted by Gasteiger charge is -2.33. The highest BCUT2D eigenvalue weighted by Crippen LogP contribution is 2.63. The van der Waals surface area contributed by atoms with Crippen molar-refractivity contribution >= 4 is 38.9 Å². The zero-order chi connectivity index (χ0) is 49.5. The van der Waals surface area contributed by atoms with Crippen LogP contribution in [0.5, 0.6) is 0 Å². The van der Waals surface area contributed by atoms with Gasteiger partial charge in [0, 0.05) is 33.4 Å². The van der Waals surface area contributed by atoms with E-state index in [0.29, 0.717) is 0 Å². The fourth-order valence-electron chi connectivity index (χ4n) is 12.9. The largest absolute Gasteiger partial charge is 0.310 e. The summed E-state index contributed by atoms with van der Waals surface area (Å²) in [6.45, 7) is 0. The highest BCUT2D eigenvalue weighted by molar-refractivity contribution is 6.10. The topological polar surface area (TPSA) is 8.17 Å². The van der Waals surface area contributed by atoms with Gasteiger partial charge in [0.05, 0.1) is 22.1 Å². The predicted molar refractivity (Wildman–Crippen MR) is 314 cm³/mol. The highest BCUT2D eigenvalue weighted by Gasteiger charge is 2.51. The smallest absolute Gasteiger partial charge is 0.0726 e. The molecule has 2 aliphatic carbocycles. The van der Waals surface area contributed by atoms with Crippen LogP contribution in [0.25, 0.3) is 94.3 Å². The van der Waals surface area contributed by atoms with Gasteiger partial charge in [-0.25, -0.2) is 0 Å². The summed E-state index contributed by atoms with van der Waals surface area (Å²) in [5, 5.41) is 2.48. The van der Waals surface area contributed by atoms with Crippen molar-refractivity contribution in [3.05, 3.63) is 313 Å². The monoisotopic (exact) mass is 952 g/mol. The lowest BCUT2D eigenvalue weighted by Crippen LogP contribution is -2.26. The van der Waals surface area contributed by atoms with Crippen LogP contribution in [0, 0.1) is 0 Å². The molecule has 1 heterocycles. The van der Waals surface area contributed by atoms with Gasteiger partial charge in [-0.05, 0) is 144 Å². The van der Waals surface area contributed by atoms with Gasteiger partial charge in [-0.1, -0.05) is 231 Å². The van der Waals surface area contributed by atoms with Gasteiger partial charge in [-0.15, -0.1) is 0 Å². The normalized spacial score (nSPS) is 12.6. The Morgan fingerprint density at radius 3 is 1.36 bits per heavy atom. The van der Waals surface area contributed by atoms with Crippen LogP contribution < -0.4 is 4.90 Å². The second-order valence-corrected chi connectivity index (χ2v) is 19.9. The molecule has 0 fully saturated rings. The van der Waals surface area contributed by atoms with Gasteiger partial charge in [-0.3, -0.25) is 0 Å². The SMILES string of the molecule is c1ccc(-c2ccccc2-c2ccccc2-c2ccccc2N(c2ccc(-c3ccc4c(c3)c3ccccc3n4-c3ccccc3)cc2)c2ccc3c(c2)C2(c4ccccc4-c4ccccc42)c2ccccc2-3)cc1. The summed E-state index contributed by atoms with van der Waals surface area (Å²) < 4.78 is 2.38. The summed E-state index contributed by atoms with van der Waals surface area (Å²) in [5.41, 5.74) is 26.3. The second-order valence-electron chi connectivity index (χ2n) is 19.9. The van der Waals surface area contributed by atoms with Crippen molar-refractivity contribution in [2.45, 2.75) is 5.41 Å². The van der Waals surface area contributed by atoms with Crippen LogP contribution in [-0.4, -0.2) is 4.57 Å². The van der Waals surface area contributed by atoms with Crippen molar-refractivity contribution in [2.24, 2.45) is 0 Å². The number of hydrogen-bond acceptors (Lipinski definition) is 1. The summed E-state index contributed by atoms with van der Waals surface area (Å²) in [6, 6.07) is 108. The summed E-state index contributed by atoms with van der Waals surface area (Å²) >= 11 is 0. The van der Waals surface area contributed by atoms with Crippen LogP contribution in [0.2, 0.25) is 0 Å². The third kappa shape index (κ3) is 6.53. The quantitative estimate of drug-likeness (QED) is 0.147. The molecule has 0 aliphatic heterocycles. The predicted octanol–water partition coefficient (Wildman–Crippen LogP) is 19.3. The van der Waals surface area contributed by atoms with Gasteiger partial charge in [0.25, 0.3) is 0 Å². The Kier molecular flexibility index (Phi) is 9.83. The van der Waals surface area contributed by atoms with Crippen molar-refractivity contribution in [3.8, 4) is 72.4 Å². The minimum atomic E-state index is -0.486. The molecule has 0 N–H and O–H groups in total. The fourth-order valence-corrected chi connectivity index (χ4v) is 12.9. The first-order valence-corrected chi connectivity index (χ1v) is 26.0. The van der Waals surface area contributed by atoms with E-state index in [0.717, 1.165) is 33.9 Å². The van der Waals surface area contributed by atoms with Gasteiger partial charge in [-0.2, -0.15) is 0 Å². The summed E-state index contributed by atoms with van der Waals surface area (Å²) in [4.78, 5) is 2.50. The molecule has 0 unspecified atom stereocenters. The van der Waals surface area contributed by atoms with Crippen LogP contribution in [0.1, 0.15) is 22.3 Å². The Hall–Kier alpha value is -9.76. The molecule has 2 heteroatoms. The minimum absolute atomic E-state index is 0.486. The van der Waals surface area contributed by atoms with Crippen molar-refractivity contribution in [3.63, 3.8) is 0 Å². The molecule has 1 spiro atoms. The average molecular weight is 953 g/mol. The Morgan fingerprint density at radius 1 is 0.253 bits per heavy atom. The van der Waals surface area contributed by atoms with E-state index in [9.17, 15) is 0 Å². The maximum atomic E-state index is 2.51. The lowest BCUT2D eigenvalue weighted by atomic mass is 9.70. The lowest BCUT2D eigenvalue weighted by molar-refractivity contribution is 0.793. The number of hydrogen-bond donors (Lipinski definition) is 0. The Labute approximate surface area is 437 Å². The Bertz CT molecular complexity index is 4290. The molecule has 0 saturated carbocycles. The zero-order valence-corrected chi connectivity index (χ0v) is 41.1. The molecule has 75 heavy (non-hydrogen) atoms. The molecule has 0 saturated heterocycles. The Balaban J connectivity index is 0.934. The molecule has 0 atom stereocenters. The first kappa shape index (κ1) is 42.9. The number of nitrogens with zero attached hydrogens (tertiary/aromatic N) is 2. The van der Waals surface area contributed by atoms with E-state index in [1.807, 2.05) is 0 Å².